The summed E-state index contributed by atoms with van der Waals surface area (Å²) in [5.74, 6) is 0.0151. The highest BCUT2D eigenvalue weighted by Crippen LogP contribution is 2.35. The first kappa shape index (κ1) is 17.3. The molecule has 0 saturated carbocycles. The molecule has 2 N–H and O–H groups in total. The van der Waals surface area contributed by atoms with Gasteiger partial charge in [0.05, 0.1) is 0 Å². The van der Waals surface area contributed by atoms with Crippen LogP contribution in [0.5, 0.6) is 0 Å². The molecule has 1 aromatic heterocycles. The van der Waals surface area contributed by atoms with E-state index < -0.39 is 10.0 Å². The van der Waals surface area contributed by atoms with Crippen LogP contribution < -0.4 is 5.73 Å². The van der Waals surface area contributed by atoms with Gasteiger partial charge in [-0.1, -0.05) is 48.5 Å². The normalized spacial score (nSPS) is 21.5. The first-order valence-corrected chi connectivity index (χ1v) is 10.2. The van der Waals surface area contributed by atoms with Crippen LogP contribution in [-0.4, -0.2) is 36.4 Å². The van der Waals surface area contributed by atoms with Crippen LogP contribution in [0.15, 0.2) is 59.5 Å². The molecule has 4 rings (SSSR count). The molecule has 1 aliphatic heterocycles. The number of nitrogens with zero attached hydrogens (tertiary/aromatic N) is 2. The second kappa shape index (κ2) is 6.23. The first-order valence-electron chi connectivity index (χ1n) is 8.76. The van der Waals surface area contributed by atoms with Crippen molar-refractivity contribution in [1.82, 2.24) is 8.87 Å². The Balaban J connectivity index is 1.76. The van der Waals surface area contributed by atoms with Crippen molar-refractivity contribution in [3.05, 3.63) is 65.9 Å². The van der Waals surface area contributed by atoms with Gasteiger partial charge in [0.15, 0.2) is 0 Å². The van der Waals surface area contributed by atoms with Crippen LogP contribution in [-0.2, 0) is 17.1 Å². The Bertz CT molecular complexity index is 1060. The maximum absolute atomic E-state index is 13.5. The van der Waals surface area contributed by atoms with E-state index in [1.54, 1.807) is 4.31 Å². The molecule has 0 aliphatic carbocycles. The molecule has 0 amide bonds. The second-order valence-electron chi connectivity index (χ2n) is 6.99. The van der Waals surface area contributed by atoms with Gasteiger partial charge in [0, 0.05) is 48.7 Å². The van der Waals surface area contributed by atoms with Gasteiger partial charge in [-0.3, -0.25) is 0 Å². The molecule has 6 heteroatoms. The third-order valence-electron chi connectivity index (χ3n) is 5.50. The van der Waals surface area contributed by atoms with Crippen LogP contribution in [0.2, 0.25) is 0 Å². The highest BCUT2D eigenvalue weighted by molar-refractivity contribution is 7.89. The van der Waals surface area contributed by atoms with E-state index in [4.69, 9.17) is 5.73 Å². The maximum Gasteiger partial charge on any atom is 0.245 e. The number of hydrogen-bond acceptors (Lipinski definition) is 3. The predicted octanol–water partition coefficient (Wildman–Crippen LogP) is 2.60. The average molecular weight is 369 g/mol. The van der Waals surface area contributed by atoms with E-state index in [1.807, 2.05) is 73.1 Å². The van der Waals surface area contributed by atoms with Crippen LogP contribution in [0, 0.1) is 6.92 Å². The Labute approximate surface area is 154 Å². The van der Waals surface area contributed by atoms with Crippen molar-refractivity contribution in [3.8, 4) is 0 Å². The second-order valence-corrected chi connectivity index (χ2v) is 8.87. The number of rotatable bonds is 3. The summed E-state index contributed by atoms with van der Waals surface area (Å²) in [6, 6.07) is 17.3. The van der Waals surface area contributed by atoms with Gasteiger partial charge in [-0.05, 0) is 18.6 Å². The van der Waals surface area contributed by atoms with Gasteiger partial charge in [-0.2, -0.15) is 4.31 Å². The smallest absolute Gasteiger partial charge is 0.245 e. The Hall–Kier alpha value is -2.15. The number of sulfonamides is 1. The van der Waals surface area contributed by atoms with Crippen LogP contribution in [0.25, 0.3) is 10.9 Å². The zero-order valence-corrected chi connectivity index (χ0v) is 15.8. The minimum atomic E-state index is -3.62. The fraction of sp³-hybridized carbons (Fsp3) is 0.300. The molecule has 1 saturated heterocycles. The molecular weight excluding hydrogens is 346 g/mol. The van der Waals surface area contributed by atoms with Gasteiger partial charge < -0.3 is 10.3 Å². The van der Waals surface area contributed by atoms with Gasteiger partial charge in [-0.15, -0.1) is 0 Å². The summed E-state index contributed by atoms with van der Waals surface area (Å²) in [4.78, 5) is 0.400. The Kier molecular flexibility index (Phi) is 4.14. The van der Waals surface area contributed by atoms with Crippen LogP contribution in [0.4, 0.5) is 0 Å². The molecule has 0 radical (unpaired) electrons. The lowest BCUT2D eigenvalue weighted by Crippen LogP contribution is -2.32. The quantitative estimate of drug-likeness (QED) is 0.772. The summed E-state index contributed by atoms with van der Waals surface area (Å²) in [6.07, 6.45) is 0. The van der Waals surface area contributed by atoms with Crippen molar-refractivity contribution >= 4 is 20.9 Å². The molecule has 26 heavy (non-hydrogen) atoms. The fourth-order valence-corrected chi connectivity index (χ4v) is 5.93. The maximum atomic E-state index is 13.5. The van der Waals surface area contributed by atoms with Crippen LogP contribution in [0.3, 0.4) is 0 Å². The molecule has 3 aromatic rings. The van der Waals surface area contributed by atoms with Gasteiger partial charge in [0.25, 0.3) is 0 Å². The minimum Gasteiger partial charge on any atom is -0.347 e. The van der Waals surface area contributed by atoms with Crippen LogP contribution >= 0.6 is 0 Å². The van der Waals surface area contributed by atoms with Gasteiger partial charge in [0.1, 0.15) is 4.90 Å². The lowest BCUT2D eigenvalue weighted by atomic mass is 9.95. The van der Waals surface area contributed by atoms with Crippen molar-refractivity contribution in [2.45, 2.75) is 23.8 Å². The Morgan fingerprint density at radius 2 is 1.65 bits per heavy atom. The number of hydrogen-bond donors (Lipinski definition) is 1. The molecule has 2 aromatic carbocycles. The zero-order chi connectivity index (χ0) is 18.5. The van der Waals surface area contributed by atoms with Crippen molar-refractivity contribution in [1.29, 1.82) is 0 Å². The molecular formula is C20H23N3O2S. The number of aromatic nitrogens is 1. The van der Waals surface area contributed by atoms with E-state index in [1.165, 1.54) is 0 Å². The van der Waals surface area contributed by atoms with E-state index in [2.05, 4.69) is 0 Å². The highest BCUT2D eigenvalue weighted by Gasteiger charge is 2.40. The lowest BCUT2D eigenvalue weighted by Gasteiger charge is -2.17. The SMILES string of the molecule is Cc1c(S(=O)(=O)N2C[C@@H](N)[C@H](c3ccccc3)C2)c2ccccc2n1C. The predicted molar refractivity (Wildman–Crippen MR) is 104 cm³/mol. The van der Waals surface area contributed by atoms with Gasteiger partial charge in [-0.25, -0.2) is 8.42 Å². The van der Waals surface area contributed by atoms with Crippen molar-refractivity contribution in [2.24, 2.45) is 12.8 Å². The van der Waals surface area contributed by atoms with E-state index in [0.29, 0.717) is 18.0 Å². The van der Waals surface area contributed by atoms with E-state index >= 15 is 0 Å². The van der Waals surface area contributed by atoms with Crippen molar-refractivity contribution in [3.63, 3.8) is 0 Å². The number of fused-ring (bicyclic) bond motifs is 1. The summed E-state index contributed by atoms with van der Waals surface area (Å²) in [5, 5.41) is 0.768. The Morgan fingerprint density at radius 1 is 1.00 bits per heavy atom. The van der Waals surface area contributed by atoms with Crippen molar-refractivity contribution < 1.29 is 8.42 Å². The third kappa shape index (κ3) is 2.57. The summed E-state index contributed by atoms with van der Waals surface area (Å²) in [5.41, 5.74) is 9.09. The standard InChI is InChI=1S/C20H23N3O2S/c1-14-20(16-10-6-7-11-19(16)22(14)2)26(24,25)23-12-17(18(21)13-23)15-8-4-3-5-9-15/h3-11,17-18H,12-13,21H2,1-2H3/t17-,18+/m0/s1. The molecule has 0 spiro atoms. The molecule has 2 atom stereocenters. The minimum absolute atomic E-state index is 0.0151. The fourth-order valence-electron chi connectivity index (χ4n) is 3.98. The van der Waals surface area contributed by atoms with E-state index in [0.717, 1.165) is 22.2 Å². The Morgan fingerprint density at radius 3 is 2.38 bits per heavy atom. The van der Waals surface area contributed by atoms with E-state index in [9.17, 15) is 8.42 Å². The molecule has 1 fully saturated rings. The molecule has 136 valence electrons. The average Bonchev–Trinajstić information content (AvgIpc) is 3.15. The van der Waals surface area contributed by atoms with Crippen molar-refractivity contribution in [2.75, 3.05) is 13.1 Å². The first-order chi connectivity index (χ1) is 12.4. The monoisotopic (exact) mass is 369 g/mol. The highest BCUT2D eigenvalue weighted by atomic mass is 32.2. The summed E-state index contributed by atoms with van der Waals surface area (Å²) in [7, 11) is -1.71. The number of para-hydroxylation sites is 1. The number of nitrogens with two attached hydrogens (primary N) is 1. The lowest BCUT2D eigenvalue weighted by molar-refractivity contribution is 0.470. The summed E-state index contributed by atoms with van der Waals surface area (Å²) < 4.78 is 30.4. The molecule has 0 unspecified atom stereocenters. The van der Waals surface area contributed by atoms with Gasteiger partial charge in [0.2, 0.25) is 10.0 Å². The van der Waals surface area contributed by atoms with E-state index in [-0.39, 0.29) is 12.0 Å². The van der Waals surface area contributed by atoms with Gasteiger partial charge >= 0.3 is 0 Å². The number of aryl methyl sites for hydroxylation is 1. The number of benzene rings is 2. The topological polar surface area (TPSA) is 68.3 Å². The third-order valence-corrected chi connectivity index (χ3v) is 7.51. The summed E-state index contributed by atoms with van der Waals surface area (Å²) in [6.45, 7) is 2.61. The molecule has 0 bridgehead atoms. The molecule has 2 heterocycles. The van der Waals surface area contributed by atoms with Crippen LogP contribution in [0.1, 0.15) is 17.2 Å². The molecule has 1 aliphatic rings. The summed E-state index contributed by atoms with van der Waals surface area (Å²) >= 11 is 0. The zero-order valence-electron chi connectivity index (χ0n) is 15.0. The largest absolute Gasteiger partial charge is 0.347 e. The molecule has 5 nitrogen and oxygen atoms in total.